The van der Waals surface area contributed by atoms with Crippen LogP contribution in [0.4, 0.5) is 5.00 Å². The van der Waals surface area contributed by atoms with Crippen LogP contribution in [0.5, 0.6) is 0 Å². The Hall–Kier alpha value is -1.51. The zero-order valence-corrected chi connectivity index (χ0v) is 20.4. The van der Waals surface area contributed by atoms with Crippen molar-refractivity contribution in [2.75, 3.05) is 45.1 Å². The van der Waals surface area contributed by atoms with Gasteiger partial charge in [0.25, 0.3) is 10.2 Å². The van der Waals surface area contributed by atoms with Crippen LogP contribution in [0.1, 0.15) is 60.9 Å². The number of nitrogens with one attached hydrogen (secondary N) is 1. The summed E-state index contributed by atoms with van der Waals surface area (Å²) in [6, 6.07) is 2.38. The van der Waals surface area contributed by atoms with Crippen molar-refractivity contribution in [3.8, 4) is 6.07 Å². The van der Waals surface area contributed by atoms with Crippen LogP contribution in [0.3, 0.4) is 0 Å². The minimum absolute atomic E-state index is 0.0893. The van der Waals surface area contributed by atoms with Crippen molar-refractivity contribution in [3.63, 3.8) is 0 Å². The number of rotatable bonds is 7. The first-order valence-corrected chi connectivity index (χ1v) is 13.9. The monoisotopic (exact) mass is 479 g/mol. The number of nitriles is 1. The molecule has 1 N–H and O–H groups in total. The highest BCUT2D eigenvalue weighted by molar-refractivity contribution is 7.86. The second kappa shape index (κ2) is 10.2. The number of nitrogens with zero attached hydrogens (tertiary/aromatic N) is 4. The van der Waals surface area contributed by atoms with E-state index in [1.54, 1.807) is 15.7 Å². The Kier molecular flexibility index (Phi) is 7.52. The quantitative estimate of drug-likeness (QED) is 0.648. The first-order chi connectivity index (χ1) is 15.4. The van der Waals surface area contributed by atoms with E-state index in [9.17, 15) is 18.5 Å². The number of piperazine rings is 1. The van der Waals surface area contributed by atoms with E-state index in [0.29, 0.717) is 49.7 Å². The number of aryl methyl sites for hydroxylation is 1. The number of fused-ring (bicyclic) bond motifs is 1. The molecule has 0 bridgehead atoms. The van der Waals surface area contributed by atoms with Gasteiger partial charge < -0.3 is 10.2 Å². The van der Waals surface area contributed by atoms with Crippen molar-refractivity contribution in [1.29, 1.82) is 5.26 Å². The molecule has 32 heavy (non-hydrogen) atoms. The molecule has 1 amide bonds. The van der Waals surface area contributed by atoms with Crippen LogP contribution in [0.25, 0.3) is 0 Å². The number of carbonyl (C=O) groups excluding carboxylic acids is 1. The number of thiophene rings is 1. The summed E-state index contributed by atoms with van der Waals surface area (Å²) in [6.07, 6.45) is 8.64. The Morgan fingerprint density at radius 1 is 1.16 bits per heavy atom. The Labute approximate surface area is 195 Å². The minimum atomic E-state index is -3.43. The number of hydrogen-bond donors (Lipinski definition) is 1. The van der Waals surface area contributed by atoms with Gasteiger partial charge in [0.1, 0.15) is 11.1 Å². The lowest BCUT2D eigenvalue weighted by molar-refractivity contribution is -0.116. The van der Waals surface area contributed by atoms with E-state index in [4.69, 9.17) is 0 Å². The summed E-state index contributed by atoms with van der Waals surface area (Å²) in [6.45, 7) is 2.75. The predicted molar refractivity (Wildman–Crippen MR) is 126 cm³/mol. The van der Waals surface area contributed by atoms with Gasteiger partial charge in [-0.25, -0.2) is 0 Å². The zero-order chi connectivity index (χ0) is 22.7. The largest absolute Gasteiger partial charge is 0.317 e. The molecule has 1 saturated carbocycles. The van der Waals surface area contributed by atoms with E-state index in [2.05, 4.69) is 16.3 Å². The molecule has 2 fully saturated rings. The molecule has 8 nitrogen and oxygen atoms in total. The van der Waals surface area contributed by atoms with Crippen LogP contribution < -0.4 is 5.32 Å². The summed E-state index contributed by atoms with van der Waals surface area (Å²) in [4.78, 5) is 15.9. The molecule has 2 heterocycles. The fourth-order valence-corrected chi connectivity index (χ4v) is 7.89. The Morgan fingerprint density at radius 3 is 2.56 bits per heavy atom. The highest BCUT2D eigenvalue weighted by atomic mass is 32.2. The summed E-state index contributed by atoms with van der Waals surface area (Å²) in [5, 5.41) is 13.1. The standard InChI is InChI=1S/C22H33N5O3S2/c1-25(17-6-3-2-4-7-17)32(29,30)27-14-12-26(13-15-27)11-10-21(28)24-22-19(16-23)18-8-5-9-20(18)31-22/h17H,2-15H2,1H3,(H,24,28). The second-order valence-corrected chi connectivity index (χ2v) is 12.1. The molecular formula is C22H33N5O3S2. The molecule has 1 aromatic rings. The van der Waals surface area contributed by atoms with Crippen LogP contribution in [-0.4, -0.2) is 73.6 Å². The topological polar surface area (TPSA) is 96.8 Å². The van der Waals surface area contributed by atoms with Gasteiger partial charge >= 0.3 is 0 Å². The van der Waals surface area contributed by atoms with E-state index >= 15 is 0 Å². The first-order valence-electron chi connectivity index (χ1n) is 11.7. The van der Waals surface area contributed by atoms with Crippen molar-refractivity contribution in [3.05, 3.63) is 16.0 Å². The summed E-state index contributed by atoms with van der Waals surface area (Å²) in [5.74, 6) is -0.0893. The number of amides is 1. The van der Waals surface area contributed by atoms with Crippen LogP contribution in [0.15, 0.2) is 0 Å². The lowest BCUT2D eigenvalue weighted by atomic mass is 9.96. The van der Waals surface area contributed by atoms with Crippen LogP contribution in [0, 0.1) is 11.3 Å². The maximum absolute atomic E-state index is 13.0. The van der Waals surface area contributed by atoms with Gasteiger partial charge in [0.05, 0.1) is 5.56 Å². The third-order valence-electron chi connectivity index (χ3n) is 7.05. The summed E-state index contributed by atoms with van der Waals surface area (Å²) in [7, 11) is -1.71. The molecule has 3 aliphatic rings. The SMILES string of the molecule is CN(C1CCCCC1)S(=O)(=O)N1CCN(CCC(=O)Nc2sc3c(c2C#N)CCC3)CC1. The molecule has 0 spiro atoms. The van der Waals surface area contributed by atoms with Crippen molar-refractivity contribution in [2.45, 2.75) is 63.8 Å². The van der Waals surface area contributed by atoms with Gasteiger partial charge in [-0.15, -0.1) is 11.3 Å². The zero-order valence-electron chi connectivity index (χ0n) is 18.8. The number of hydrogen-bond acceptors (Lipinski definition) is 6. The highest BCUT2D eigenvalue weighted by Crippen LogP contribution is 2.38. The highest BCUT2D eigenvalue weighted by Gasteiger charge is 2.34. The van der Waals surface area contributed by atoms with Crippen LogP contribution in [0.2, 0.25) is 0 Å². The van der Waals surface area contributed by atoms with Gasteiger partial charge in [0.2, 0.25) is 5.91 Å². The lowest BCUT2D eigenvalue weighted by Crippen LogP contribution is -2.54. The Bertz CT molecular complexity index is 970. The minimum Gasteiger partial charge on any atom is -0.317 e. The molecule has 1 saturated heterocycles. The number of carbonyl (C=O) groups is 1. The fraction of sp³-hybridized carbons (Fsp3) is 0.727. The maximum Gasteiger partial charge on any atom is 0.282 e. The molecule has 0 radical (unpaired) electrons. The molecule has 0 unspecified atom stereocenters. The van der Waals surface area contributed by atoms with Crippen molar-refractivity contribution >= 4 is 32.5 Å². The summed E-state index contributed by atoms with van der Waals surface area (Å²) >= 11 is 1.53. The lowest BCUT2D eigenvalue weighted by Gasteiger charge is -2.38. The molecule has 1 aromatic heterocycles. The van der Waals surface area contributed by atoms with Gasteiger partial charge in [-0.05, 0) is 37.7 Å². The third kappa shape index (κ3) is 5.02. The van der Waals surface area contributed by atoms with E-state index in [1.165, 1.54) is 22.6 Å². The normalized spacial score (nSPS) is 20.9. The average Bonchev–Trinajstić information content (AvgIpc) is 3.38. The molecule has 0 aromatic carbocycles. The van der Waals surface area contributed by atoms with Gasteiger partial charge in [0, 0.05) is 57.1 Å². The third-order valence-corrected chi connectivity index (χ3v) is 10.3. The Morgan fingerprint density at radius 2 is 1.88 bits per heavy atom. The van der Waals surface area contributed by atoms with E-state index in [1.807, 2.05) is 0 Å². The van der Waals surface area contributed by atoms with E-state index in [-0.39, 0.29) is 11.9 Å². The van der Waals surface area contributed by atoms with Gasteiger partial charge in [-0.3, -0.25) is 4.79 Å². The summed E-state index contributed by atoms with van der Waals surface area (Å²) < 4.78 is 29.2. The van der Waals surface area contributed by atoms with E-state index < -0.39 is 10.2 Å². The number of anilines is 1. The second-order valence-electron chi connectivity index (χ2n) is 9.03. The van der Waals surface area contributed by atoms with Crippen molar-refractivity contribution in [2.24, 2.45) is 0 Å². The average molecular weight is 480 g/mol. The molecule has 2 aliphatic carbocycles. The van der Waals surface area contributed by atoms with Crippen molar-refractivity contribution in [1.82, 2.24) is 13.5 Å². The molecule has 10 heteroatoms. The summed E-state index contributed by atoms with van der Waals surface area (Å²) in [5.41, 5.74) is 1.75. The maximum atomic E-state index is 13.0. The first kappa shape index (κ1) is 23.6. The van der Waals surface area contributed by atoms with Gasteiger partial charge in [-0.2, -0.15) is 22.3 Å². The molecule has 4 rings (SSSR count). The Balaban J connectivity index is 1.24. The smallest absolute Gasteiger partial charge is 0.282 e. The predicted octanol–water partition coefficient (Wildman–Crippen LogP) is 2.56. The fourth-order valence-electron chi connectivity index (χ4n) is 5.06. The molecule has 1 aliphatic heterocycles. The van der Waals surface area contributed by atoms with Crippen LogP contribution >= 0.6 is 11.3 Å². The van der Waals surface area contributed by atoms with Gasteiger partial charge in [-0.1, -0.05) is 19.3 Å². The van der Waals surface area contributed by atoms with Crippen molar-refractivity contribution < 1.29 is 13.2 Å². The molecule has 176 valence electrons. The van der Waals surface area contributed by atoms with Gasteiger partial charge in [0.15, 0.2) is 0 Å². The van der Waals surface area contributed by atoms with Crippen LogP contribution in [-0.2, 0) is 27.8 Å². The molecular weight excluding hydrogens is 446 g/mol. The van der Waals surface area contributed by atoms with E-state index in [0.717, 1.165) is 50.5 Å². The molecule has 0 atom stereocenters.